The molecule has 1 fully saturated rings. The van der Waals surface area contributed by atoms with Crippen molar-refractivity contribution in [2.45, 2.75) is 19.0 Å². The van der Waals surface area contributed by atoms with E-state index >= 15 is 0 Å². The summed E-state index contributed by atoms with van der Waals surface area (Å²) in [5.41, 5.74) is 2.16. The Morgan fingerprint density at radius 2 is 1.94 bits per heavy atom. The van der Waals surface area contributed by atoms with Gasteiger partial charge in [0.05, 0.1) is 19.3 Å². The van der Waals surface area contributed by atoms with Crippen molar-refractivity contribution in [3.8, 4) is 11.4 Å². The molecule has 9 heteroatoms. The lowest BCUT2D eigenvalue weighted by atomic mass is 10.2. The number of hydrogen-bond donors (Lipinski definition) is 2. The van der Waals surface area contributed by atoms with Gasteiger partial charge >= 0.3 is 0 Å². The standard InChI is InChI=1S/C22H27N7O.HI/c1-23-22(24-14-21-27-25-16-29(21)18-8-4-3-5-9-18)26-17-12-13-28(15-17)19-10-6-7-11-20(19)30-2;/h3-11,16-17H,12-15H2,1-2H3,(H2,23,24,26);1H. The van der Waals surface area contributed by atoms with Crippen molar-refractivity contribution in [3.63, 3.8) is 0 Å². The lowest BCUT2D eigenvalue weighted by Crippen LogP contribution is -2.44. The predicted molar refractivity (Wildman–Crippen MR) is 134 cm³/mol. The number of aliphatic imine (C=N–C) groups is 1. The molecule has 1 aliphatic rings. The third-order valence-corrected chi connectivity index (χ3v) is 5.25. The molecule has 0 spiro atoms. The molecule has 0 aliphatic carbocycles. The number of rotatable bonds is 6. The van der Waals surface area contributed by atoms with Gasteiger partial charge in [0.1, 0.15) is 12.1 Å². The highest BCUT2D eigenvalue weighted by atomic mass is 127. The molecule has 1 aromatic heterocycles. The van der Waals surface area contributed by atoms with E-state index in [9.17, 15) is 0 Å². The first-order chi connectivity index (χ1) is 14.8. The predicted octanol–water partition coefficient (Wildman–Crippen LogP) is 2.84. The Morgan fingerprint density at radius 1 is 1.16 bits per heavy atom. The molecule has 0 radical (unpaired) electrons. The third kappa shape index (κ3) is 5.46. The number of nitrogens with zero attached hydrogens (tertiary/aromatic N) is 5. The Kier molecular flexibility index (Phi) is 8.10. The fourth-order valence-corrected chi connectivity index (χ4v) is 3.72. The molecule has 8 nitrogen and oxygen atoms in total. The van der Waals surface area contributed by atoms with Crippen molar-refractivity contribution in [2.75, 3.05) is 32.1 Å². The zero-order valence-electron chi connectivity index (χ0n) is 17.7. The van der Waals surface area contributed by atoms with Gasteiger partial charge in [0.2, 0.25) is 0 Å². The van der Waals surface area contributed by atoms with Crippen molar-refractivity contribution >= 4 is 35.6 Å². The van der Waals surface area contributed by atoms with E-state index in [0.717, 1.165) is 48.4 Å². The van der Waals surface area contributed by atoms with Crippen LogP contribution in [0, 0.1) is 0 Å². The number of halogens is 1. The maximum absolute atomic E-state index is 5.51. The number of aromatic nitrogens is 3. The van der Waals surface area contributed by atoms with Crippen LogP contribution < -0.4 is 20.3 Å². The summed E-state index contributed by atoms with van der Waals surface area (Å²) in [5.74, 6) is 2.48. The minimum absolute atomic E-state index is 0. The van der Waals surface area contributed by atoms with Crippen molar-refractivity contribution in [2.24, 2.45) is 4.99 Å². The molecule has 4 rings (SSSR count). The molecule has 2 N–H and O–H groups in total. The number of nitrogens with one attached hydrogen (secondary N) is 2. The fraction of sp³-hybridized carbons (Fsp3) is 0.318. The molecule has 1 aliphatic heterocycles. The van der Waals surface area contributed by atoms with Crippen LogP contribution in [0.25, 0.3) is 5.69 Å². The van der Waals surface area contributed by atoms with Crippen LogP contribution in [0.1, 0.15) is 12.2 Å². The van der Waals surface area contributed by atoms with Gasteiger partial charge in [-0.3, -0.25) is 9.56 Å². The van der Waals surface area contributed by atoms with Gasteiger partial charge in [-0.25, -0.2) is 0 Å². The molecule has 2 heterocycles. The molecule has 1 saturated heterocycles. The van der Waals surface area contributed by atoms with E-state index in [-0.39, 0.29) is 24.0 Å². The molecule has 3 aromatic rings. The molecule has 0 bridgehead atoms. The summed E-state index contributed by atoms with van der Waals surface area (Å²) >= 11 is 0. The van der Waals surface area contributed by atoms with E-state index < -0.39 is 0 Å². The maximum atomic E-state index is 5.51. The minimum Gasteiger partial charge on any atom is -0.495 e. The van der Waals surface area contributed by atoms with Gasteiger partial charge in [-0.05, 0) is 30.7 Å². The first-order valence-electron chi connectivity index (χ1n) is 10.1. The molecule has 0 amide bonds. The Bertz CT molecular complexity index is 992. The topological polar surface area (TPSA) is 79.6 Å². The number of ether oxygens (including phenoxy) is 1. The number of benzene rings is 2. The third-order valence-electron chi connectivity index (χ3n) is 5.25. The maximum Gasteiger partial charge on any atom is 0.191 e. The van der Waals surface area contributed by atoms with Crippen LogP contribution in [0.4, 0.5) is 5.69 Å². The van der Waals surface area contributed by atoms with Gasteiger partial charge < -0.3 is 20.3 Å². The van der Waals surface area contributed by atoms with E-state index in [1.807, 2.05) is 53.1 Å². The Balaban J connectivity index is 0.00000272. The van der Waals surface area contributed by atoms with E-state index in [1.54, 1.807) is 20.5 Å². The van der Waals surface area contributed by atoms with Gasteiger partial charge in [-0.1, -0.05) is 30.3 Å². The number of methoxy groups -OCH3 is 1. The summed E-state index contributed by atoms with van der Waals surface area (Å²) in [5, 5.41) is 15.2. The second kappa shape index (κ2) is 11.0. The largest absolute Gasteiger partial charge is 0.495 e. The SMILES string of the molecule is CN=C(NCc1nncn1-c1ccccc1)NC1CCN(c2ccccc2OC)C1.I. The molecule has 164 valence electrons. The van der Waals surface area contributed by atoms with Crippen molar-refractivity contribution in [3.05, 3.63) is 66.7 Å². The lowest BCUT2D eigenvalue weighted by Gasteiger charge is -2.22. The minimum atomic E-state index is 0. The molecule has 2 aromatic carbocycles. The summed E-state index contributed by atoms with van der Waals surface area (Å²) in [6.07, 6.45) is 2.75. The first kappa shape index (κ1) is 22.9. The van der Waals surface area contributed by atoms with Crippen LogP contribution in [0.15, 0.2) is 65.9 Å². The normalized spacial score (nSPS) is 16.0. The molecule has 0 saturated carbocycles. The first-order valence-corrected chi connectivity index (χ1v) is 10.1. The smallest absolute Gasteiger partial charge is 0.191 e. The second-order valence-corrected chi connectivity index (χ2v) is 7.13. The summed E-state index contributed by atoms with van der Waals surface area (Å²) < 4.78 is 7.48. The zero-order valence-corrected chi connectivity index (χ0v) is 20.1. The van der Waals surface area contributed by atoms with Crippen LogP contribution in [0.3, 0.4) is 0 Å². The Labute approximate surface area is 199 Å². The fourth-order valence-electron chi connectivity index (χ4n) is 3.72. The zero-order chi connectivity index (χ0) is 20.8. The van der Waals surface area contributed by atoms with Crippen LogP contribution in [0.2, 0.25) is 0 Å². The lowest BCUT2D eigenvalue weighted by molar-refractivity contribution is 0.415. The Morgan fingerprint density at radius 3 is 2.71 bits per heavy atom. The highest BCUT2D eigenvalue weighted by Gasteiger charge is 2.25. The molecular weight excluding hydrogens is 505 g/mol. The monoisotopic (exact) mass is 533 g/mol. The number of guanidine groups is 1. The van der Waals surface area contributed by atoms with Crippen molar-refractivity contribution in [1.82, 2.24) is 25.4 Å². The molecule has 1 unspecified atom stereocenters. The van der Waals surface area contributed by atoms with Gasteiger partial charge in [0.15, 0.2) is 11.8 Å². The summed E-state index contributed by atoms with van der Waals surface area (Å²) in [6.45, 7) is 2.39. The summed E-state index contributed by atoms with van der Waals surface area (Å²) in [7, 11) is 3.49. The van der Waals surface area contributed by atoms with E-state index in [1.165, 1.54) is 0 Å². The number of anilines is 1. The van der Waals surface area contributed by atoms with Crippen LogP contribution in [-0.2, 0) is 6.54 Å². The van der Waals surface area contributed by atoms with Crippen molar-refractivity contribution in [1.29, 1.82) is 0 Å². The summed E-state index contributed by atoms with van der Waals surface area (Å²) in [6, 6.07) is 18.5. The Hall–Kier alpha value is -2.82. The van der Waals surface area contributed by atoms with Crippen molar-refractivity contribution < 1.29 is 4.74 Å². The van der Waals surface area contributed by atoms with Gasteiger partial charge in [0, 0.05) is 31.9 Å². The van der Waals surface area contributed by atoms with Gasteiger partial charge in [0.25, 0.3) is 0 Å². The number of para-hydroxylation sites is 3. The quantitative estimate of drug-likeness (QED) is 0.288. The second-order valence-electron chi connectivity index (χ2n) is 7.13. The van der Waals surface area contributed by atoms with Crippen LogP contribution >= 0.6 is 24.0 Å². The summed E-state index contributed by atoms with van der Waals surface area (Å²) in [4.78, 5) is 6.72. The molecule has 1 atom stereocenters. The van der Waals surface area contributed by atoms with Crippen LogP contribution in [-0.4, -0.2) is 54.0 Å². The van der Waals surface area contributed by atoms with E-state index in [2.05, 4.69) is 36.8 Å². The number of hydrogen-bond acceptors (Lipinski definition) is 5. The highest BCUT2D eigenvalue weighted by Crippen LogP contribution is 2.30. The molecule has 31 heavy (non-hydrogen) atoms. The average Bonchev–Trinajstić information content (AvgIpc) is 3.46. The van der Waals surface area contributed by atoms with Gasteiger partial charge in [-0.2, -0.15) is 0 Å². The van der Waals surface area contributed by atoms with E-state index in [4.69, 9.17) is 4.74 Å². The van der Waals surface area contributed by atoms with E-state index in [0.29, 0.717) is 12.6 Å². The molecular formula is C22H28IN7O. The highest BCUT2D eigenvalue weighted by molar-refractivity contribution is 14.0. The van der Waals surface area contributed by atoms with Gasteiger partial charge in [-0.15, -0.1) is 34.2 Å². The van der Waals surface area contributed by atoms with Crippen LogP contribution in [0.5, 0.6) is 5.75 Å². The average molecular weight is 533 g/mol.